The molecule has 1 fully saturated rings. The van der Waals surface area contributed by atoms with Gasteiger partial charge in [0.15, 0.2) is 5.96 Å². The summed E-state index contributed by atoms with van der Waals surface area (Å²) in [6.45, 7) is 6.25. The number of carbonyl (C=O) groups is 1. The molecule has 1 amide bonds. The highest BCUT2D eigenvalue weighted by Gasteiger charge is 2.16. The van der Waals surface area contributed by atoms with Gasteiger partial charge in [-0.05, 0) is 26.7 Å². The molecule has 0 radical (unpaired) electrons. The lowest BCUT2D eigenvalue weighted by Crippen LogP contribution is -2.45. The van der Waals surface area contributed by atoms with E-state index < -0.39 is 0 Å². The van der Waals surface area contributed by atoms with Crippen LogP contribution < -0.4 is 10.6 Å². The van der Waals surface area contributed by atoms with Gasteiger partial charge in [0, 0.05) is 45.6 Å². The van der Waals surface area contributed by atoms with Crippen molar-refractivity contribution in [1.29, 1.82) is 0 Å². The zero-order valence-corrected chi connectivity index (χ0v) is 18.7. The molecule has 2 N–H and O–H groups in total. The molecule has 8 nitrogen and oxygen atoms in total. The maximum atomic E-state index is 11.8. The average Bonchev–Trinajstić information content (AvgIpc) is 3.16. The Bertz CT molecular complexity index is 623. The van der Waals surface area contributed by atoms with Crippen LogP contribution in [0.4, 0.5) is 0 Å². The number of rotatable bonds is 6. The summed E-state index contributed by atoms with van der Waals surface area (Å²) in [7, 11) is 5.41. The molecule has 1 aliphatic heterocycles. The fourth-order valence-corrected chi connectivity index (χ4v) is 2.71. The summed E-state index contributed by atoms with van der Waals surface area (Å²) in [5, 5.41) is 10.8. The lowest BCUT2D eigenvalue weighted by Gasteiger charge is -2.17. The monoisotopic (exact) mass is 478 g/mol. The van der Waals surface area contributed by atoms with Crippen LogP contribution in [0.15, 0.2) is 4.99 Å². The van der Waals surface area contributed by atoms with E-state index in [1.165, 1.54) is 0 Å². The number of halogens is 1. The van der Waals surface area contributed by atoms with E-state index in [0.29, 0.717) is 19.0 Å². The molecule has 0 spiro atoms. The first-order valence-electron chi connectivity index (χ1n) is 8.71. The number of likely N-dealkylation sites (N-methyl/N-ethyl adjacent to an activating group) is 1. The summed E-state index contributed by atoms with van der Waals surface area (Å²) in [6.07, 6.45) is 2.36. The Morgan fingerprint density at radius 2 is 2.12 bits per heavy atom. The van der Waals surface area contributed by atoms with Gasteiger partial charge in [-0.1, -0.05) is 0 Å². The van der Waals surface area contributed by atoms with E-state index in [2.05, 4.69) is 20.7 Å². The van der Waals surface area contributed by atoms with Crippen LogP contribution in [0.25, 0.3) is 0 Å². The summed E-state index contributed by atoms with van der Waals surface area (Å²) in [6, 6.07) is 0. The molecule has 0 saturated carbocycles. The number of nitrogens with zero attached hydrogens (tertiary/aromatic N) is 4. The Morgan fingerprint density at radius 3 is 2.65 bits per heavy atom. The molecule has 1 atom stereocenters. The second-order valence-electron chi connectivity index (χ2n) is 6.60. The molecule has 2 rings (SSSR count). The van der Waals surface area contributed by atoms with Crippen molar-refractivity contribution in [3.63, 3.8) is 0 Å². The predicted molar refractivity (Wildman–Crippen MR) is 113 cm³/mol. The fourth-order valence-electron chi connectivity index (χ4n) is 2.71. The first kappa shape index (κ1) is 22.7. The number of aryl methyl sites for hydroxylation is 2. The first-order valence-corrected chi connectivity index (χ1v) is 8.71. The SMILES string of the molecule is Cc1nn(C)c(C)c1CN=C(NCC(=O)N(C)C)NCC1CCCO1.I. The molecule has 26 heavy (non-hydrogen) atoms. The number of guanidine groups is 1. The molecule has 0 aromatic carbocycles. The molecular weight excluding hydrogens is 447 g/mol. The molecule has 1 aliphatic rings. The minimum atomic E-state index is 0. The Labute approximate surface area is 172 Å². The van der Waals surface area contributed by atoms with Crippen molar-refractivity contribution in [2.24, 2.45) is 12.0 Å². The lowest BCUT2D eigenvalue weighted by atomic mass is 10.2. The molecule has 1 saturated heterocycles. The Morgan fingerprint density at radius 1 is 1.38 bits per heavy atom. The summed E-state index contributed by atoms with van der Waals surface area (Å²) in [5.74, 6) is 0.619. The van der Waals surface area contributed by atoms with Crippen LogP contribution in [0.2, 0.25) is 0 Å². The van der Waals surface area contributed by atoms with Crippen molar-refractivity contribution in [1.82, 2.24) is 25.3 Å². The van der Waals surface area contributed by atoms with Crippen LogP contribution in [0.3, 0.4) is 0 Å². The van der Waals surface area contributed by atoms with E-state index in [1.807, 2.05) is 25.6 Å². The number of carbonyl (C=O) groups excluding carboxylic acids is 1. The first-order chi connectivity index (χ1) is 11.9. The molecule has 1 unspecified atom stereocenters. The Balaban J connectivity index is 0.00000338. The predicted octanol–water partition coefficient (Wildman–Crippen LogP) is 0.957. The van der Waals surface area contributed by atoms with Crippen molar-refractivity contribution < 1.29 is 9.53 Å². The fraction of sp³-hybridized carbons (Fsp3) is 0.706. The smallest absolute Gasteiger partial charge is 0.241 e. The molecule has 9 heteroatoms. The minimum Gasteiger partial charge on any atom is -0.376 e. The van der Waals surface area contributed by atoms with Gasteiger partial charge < -0.3 is 20.3 Å². The third-order valence-corrected chi connectivity index (χ3v) is 4.48. The van der Waals surface area contributed by atoms with Crippen molar-refractivity contribution in [2.75, 3.05) is 33.8 Å². The number of hydrogen-bond donors (Lipinski definition) is 2. The van der Waals surface area contributed by atoms with Crippen LogP contribution in [-0.4, -0.2) is 66.4 Å². The molecule has 1 aromatic rings. The molecular formula is C17H31IN6O2. The lowest BCUT2D eigenvalue weighted by molar-refractivity contribution is -0.127. The number of hydrogen-bond acceptors (Lipinski definition) is 4. The zero-order chi connectivity index (χ0) is 18.4. The maximum Gasteiger partial charge on any atom is 0.241 e. The van der Waals surface area contributed by atoms with Crippen LogP contribution in [0.1, 0.15) is 29.8 Å². The maximum absolute atomic E-state index is 11.8. The van der Waals surface area contributed by atoms with Gasteiger partial charge in [0.25, 0.3) is 0 Å². The highest BCUT2D eigenvalue weighted by molar-refractivity contribution is 14.0. The van der Waals surface area contributed by atoms with E-state index >= 15 is 0 Å². The van der Waals surface area contributed by atoms with Crippen molar-refractivity contribution in [2.45, 2.75) is 39.3 Å². The summed E-state index contributed by atoms with van der Waals surface area (Å²) in [4.78, 5) is 18.0. The van der Waals surface area contributed by atoms with Gasteiger partial charge in [-0.15, -0.1) is 24.0 Å². The summed E-state index contributed by atoms with van der Waals surface area (Å²) in [5.41, 5.74) is 3.19. The highest BCUT2D eigenvalue weighted by Crippen LogP contribution is 2.13. The standard InChI is InChI=1S/C17H30N6O2.HI/c1-12-15(13(2)23(5)21-12)10-19-17(20-11-16(24)22(3)4)18-9-14-7-6-8-25-14;/h14H,6-11H2,1-5H3,(H2,18,19,20);1H. The van der Waals surface area contributed by atoms with Crippen molar-refractivity contribution in [3.05, 3.63) is 17.0 Å². The molecule has 148 valence electrons. The second kappa shape index (κ2) is 10.7. The third-order valence-electron chi connectivity index (χ3n) is 4.48. The van der Waals surface area contributed by atoms with E-state index in [-0.39, 0.29) is 42.5 Å². The van der Waals surface area contributed by atoms with Gasteiger partial charge in [-0.3, -0.25) is 9.48 Å². The number of amides is 1. The van der Waals surface area contributed by atoms with Crippen molar-refractivity contribution >= 4 is 35.8 Å². The summed E-state index contributed by atoms with van der Waals surface area (Å²) < 4.78 is 7.50. The number of ether oxygens (including phenoxy) is 1. The van der Waals surface area contributed by atoms with Gasteiger partial charge in [-0.2, -0.15) is 5.10 Å². The van der Waals surface area contributed by atoms with Crippen LogP contribution >= 0.6 is 24.0 Å². The second-order valence-corrected chi connectivity index (χ2v) is 6.60. The van der Waals surface area contributed by atoms with Crippen LogP contribution in [-0.2, 0) is 23.1 Å². The van der Waals surface area contributed by atoms with Gasteiger partial charge in [0.1, 0.15) is 0 Å². The van der Waals surface area contributed by atoms with E-state index in [9.17, 15) is 4.79 Å². The van der Waals surface area contributed by atoms with E-state index in [1.54, 1.807) is 19.0 Å². The quantitative estimate of drug-likeness (QED) is 0.362. The Kier molecular flexibility index (Phi) is 9.34. The number of aliphatic imine (C=N–C) groups is 1. The zero-order valence-electron chi connectivity index (χ0n) is 16.3. The van der Waals surface area contributed by atoms with E-state index in [4.69, 9.17) is 4.74 Å². The van der Waals surface area contributed by atoms with Gasteiger partial charge >= 0.3 is 0 Å². The molecule has 0 bridgehead atoms. The molecule has 2 heterocycles. The highest BCUT2D eigenvalue weighted by atomic mass is 127. The van der Waals surface area contributed by atoms with E-state index in [0.717, 1.165) is 36.4 Å². The molecule has 1 aromatic heterocycles. The number of aromatic nitrogens is 2. The largest absolute Gasteiger partial charge is 0.376 e. The van der Waals surface area contributed by atoms with Crippen molar-refractivity contribution in [3.8, 4) is 0 Å². The third kappa shape index (κ3) is 6.42. The summed E-state index contributed by atoms with van der Waals surface area (Å²) >= 11 is 0. The average molecular weight is 478 g/mol. The van der Waals surface area contributed by atoms with Crippen LogP contribution in [0.5, 0.6) is 0 Å². The number of nitrogens with one attached hydrogen (secondary N) is 2. The van der Waals surface area contributed by atoms with Gasteiger partial charge in [0.2, 0.25) is 5.91 Å². The van der Waals surface area contributed by atoms with Crippen LogP contribution in [0, 0.1) is 13.8 Å². The van der Waals surface area contributed by atoms with Gasteiger partial charge in [-0.25, -0.2) is 4.99 Å². The topological polar surface area (TPSA) is 83.8 Å². The molecule has 0 aliphatic carbocycles. The van der Waals surface area contributed by atoms with Gasteiger partial charge in [0.05, 0.1) is 24.9 Å². The Hall–Kier alpha value is -1.36. The minimum absolute atomic E-state index is 0. The normalized spacial score (nSPS) is 17.0.